The van der Waals surface area contributed by atoms with Crippen molar-refractivity contribution in [2.45, 2.75) is 18.9 Å². The molecule has 0 aromatic carbocycles. The predicted octanol–water partition coefficient (Wildman–Crippen LogP) is -0.551. The minimum Gasteiger partial charge on any atom is -0.378 e. The molecule has 0 atom stereocenters. The van der Waals surface area contributed by atoms with Gasteiger partial charge in [-0.1, -0.05) is 0 Å². The number of ether oxygens (including phenoxy) is 2. The zero-order valence-corrected chi connectivity index (χ0v) is 12.1. The minimum atomic E-state index is -0.0604. The van der Waals surface area contributed by atoms with E-state index in [0.29, 0.717) is 19.8 Å². The third-order valence-corrected chi connectivity index (χ3v) is 2.99. The van der Waals surface area contributed by atoms with Crippen molar-refractivity contribution < 1.29 is 14.3 Å². The first kappa shape index (κ1) is 16.4. The summed E-state index contributed by atoms with van der Waals surface area (Å²) in [7, 11) is 4.01. The van der Waals surface area contributed by atoms with E-state index in [1.165, 1.54) is 0 Å². The quantitative estimate of drug-likeness (QED) is 0.552. The molecule has 0 spiro atoms. The number of carbonyl (C=O) groups excluding carboxylic acids is 1. The van der Waals surface area contributed by atoms with E-state index in [9.17, 15) is 4.79 Å². The summed E-state index contributed by atoms with van der Waals surface area (Å²) in [5.74, 6) is -0.0604. The van der Waals surface area contributed by atoms with Crippen LogP contribution in [0.25, 0.3) is 0 Å². The van der Waals surface area contributed by atoms with Crippen molar-refractivity contribution >= 4 is 5.91 Å². The summed E-state index contributed by atoms with van der Waals surface area (Å²) in [6.07, 6.45) is 2.20. The van der Waals surface area contributed by atoms with E-state index in [1.807, 2.05) is 14.1 Å². The van der Waals surface area contributed by atoms with Crippen LogP contribution < -0.4 is 10.6 Å². The highest BCUT2D eigenvalue weighted by Gasteiger charge is 2.14. The number of hydrogen-bond acceptors (Lipinski definition) is 5. The van der Waals surface area contributed by atoms with E-state index in [0.717, 1.165) is 32.5 Å². The summed E-state index contributed by atoms with van der Waals surface area (Å²) in [6.45, 7) is 4.79. The molecule has 0 bridgehead atoms. The molecule has 1 saturated heterocycles. The summed E-state index contributed by atoms with van der Waals surface area (Å²) >= 11 is 0. The number of amides is 1. The molecule has 0 unspecified atom stereocenters. The lowest BCUT2D eigenvalue weighted by Crippen LogP contribution is -2.36. The molecule has 0 aliphatic carbocycles. The average Bonchev–Trinajstić information content (AvgIpc) is 2.41. The Hall–Kier alpha value is -0.690. The summed E-state index contributed by atoms with van der Waals surface area (Å²) in [6, 6.07) is 0. The summed E-state index contributed by atoms with van der Waals surface area (Å²) in [4.78, 5) is 13.6. The van der Waals surface area contributed by atoms with E-state index in [4.69, 9.17) is 9.47 Å². The number of hydrogen-bond donors (Lipinski definition) is 2. The normalized spacial score (nSPS) is 16.8. The van der Waals surface area contributed by atoms with Gasteiger partial charge in [-0.25, -0.2) is 0 Å². The van der Waals surface area contributed by atoms with Crippen LogP contribution in [0, 0.1) is 0 Å². The van der Waals surface area contributed by atoms with Crippen molar-refractivity contribution in [3.05, 3.63) is 0 Å². The molecule has 112 valence electrons. The molecule has 1 rings (SSSR count). The molecule has 2 N–H and O–H groups in total. The lowest BCUT2D eigenvalue weighted by atomic mass is 10.1. The van der Waals surface area contributed by atoms with Crippen LogP contribution in [-0.4, -0.2) is 77.0 Å². The number of rotatable bonds is 9. The van der Waals surface area contributed by atoms with Crippen molar-refractivity contribution in [3.8, 4) is 0 Å². The number of carbonyl (C=O) groups is 1. The molecule has 0 saturated carbocycles. The standard InChI is InChI=1S/C13H27N3O3/c1-16(2)8-10-18-9-7-15-13(17)11-19-12-3-5-14-6-4-12/h12,14H,3-11H2,1-2H3,(H,15,17). The Morgan fingerprint density at radius 3 is 2.74 bits per heavy atom. The molecule has 19 heavy (non-hydrogen) atoms. The number of piperidine rings is 1. The van der Waals surface area contributed by atoms with Gasteiger partial charge in [-0.3, -0.25) is 4.79 Å². The van der Waals surface area contributed by atoms with Gasteiger partial charge in [0.05, 0.1) is 19.3 Å². The molecule has 1 amide bonds. The van der Waals surface area contributed by atoms with Crippen molar-refractivity contribution in [3.63, 3.8) is 0 Å². The molecule has 1 fully saturated rings. The minimum absolute atomic E-state index is 0.0604. The summed E-state index contributed by atoms with van der Waals surface area (Å²) in [5.41, 5.74) is 0. The van der Waals surface area contributed by atoms with Crippen molar-refractivity contribution in [1.82, 2.24) is 15.5 Å². The van der Waals surface area contributed by atoms with Gasteiger partial charge in [-0.05, 0) is 40.0 Å². The SMILES string of the molecule is CN(C)CCOCCNC(=O)COC1CCNCC1. The molecule has 1 heterocycles. The third-order valence-electron chi connectivity index (χ3n) is 2.99. The van der Waals surface area contributed by atoms with Crippen LogP contribution in [0.5, 0.6) is 0 Å². The fraction of sp³-hybridized carbons (Fsp3) is 0.923. The first-order chi connectivity index (χ1) is 9.18. The topological polar surface area (TPSA) is 62.8 Å². The largest absolute Gasteiger partial charge is 0.378 e. The maximum atomic E-state index is 11.5. The molecule has 0 radical (unpaired) electrons. The highest BCUT2D eigenvalue weighted by atomic mass is 16.5. The lowest BCUT2D eigenvalue weighted by Gasteiger charge is -2.22. The molecular weight excluding hydrogens is 246 g/mol. The Labute approximate surface area is 115 Å². The first-order valence-electron chi connectivity index (χ1n) is 7.00. The first-order valence-corrected chi connectivity index (χ1v) is 7.00. The van der Waals surface area contributed by atoms with Gasteiger partial charge in [0.25, 0.3) is 0 Å². The lowest BCUT2D eigenvalue weighted by molar-refractivity contribution is -0.128. The second kappa shape index (κ2) is 10.1. The number of likely N-dealkylation sites (N-methyl/N-ethyl adjacent to an activating group) is 1. The Balaban J connectivity index is 1.90. The van der Waals surface area contributed by atoms with Crippen LogP contribution in [0.4, 0.5) is 0 Å². The Bertz CT molecular complexity index is 243. The Morgan fingerprint density at radius 2 is 2.05 bits per heavy atom. The van der Waals surface area contributed by atoms with Gasteiger partial charge in [0.15, 0.2) is 0 Å². The Kier molecular flexibility index (Phi) is 8.73. The van der Waals surface area contributed by atoms with Crippen molar-refractivity contribution in [2.24, 2.45) is 0 Å². The van der Waals surface area contributed by atoms with E-state index < -0.39 is 0 Å². The Morgan fingerprint density at radius 1 is 1.32 bits per heavy atom. The van der Waals surface area contributed by atoms with Crippen LogP contribution in [0.15, 0.2) is 0 Å². The molecular formula is C13H27N3O3. The maximum Gasteiger partial charge on any atom is 0.246 e. The van der Waals surface area contributed by atoms with Gasteiger partial charge in [-0.15, -0.1) is 0 Å². The van der Waals surface area contributed by atoms with Crippen molar-refractivity contribution in [1.29, 1.82) is 0 Å². The maximum absolute atomic E-state index is 11.5. The van der Waals surface area contributed by atoms with Crippen LogP contribution >= 0.6 is 0 Å². The van der Waals surface area contributed by atoms with Gasteiger partial charge in [0, 0.05) is 13.1 Å². The molecule has 6 heteroatoms. The second-order valence-electron chi connectivity index (χ2n) is 5.03. The average molecular weight is 273 g/mol. The van der Waals surface area contributed by atoms with Gasteiger partial charge >= 0.3 is 0 Å². The third kappa shape index (κ3) is 8.93. The highest BCUT2D eigenvalue weighted by molar-refractivity contribution is 5.77. The monoisotopic (exact) mass is 273 g/mol. The van der Waals surface area contributed by atoms with Gasteiger partial charge in [0.1, 0.15) is 6.61 Å². The van der Waals surface area contributed by atoms with Gasteiger partial charge in [-0.2, -0.15) is 0 Å². The molecule has 0 aromatic heterocycles. The predicted molar refractivity (Wildman–Crippen MR) is 74.2 cm³/mol. The van der Waals surface area contributed by atoms with Crippen LogP contribution in [0.2, 0.25) is 0 Å². The molecule has 6 nitrogen and oxygen atoms in total. The molecule has 1 aliphatic rings. The smallest absolute Gasteiger partial charge is 0.246 e. The van der Waals surface area contributed by atoms with Crippen LogP contribution in [-0.2, 0) is 14.3 Å². The second-order valence-corrected chi connectivity index (χ2v) is 5.03. The van der Waals surface area contributed by atoms with Crippen LogP contribution in [0.3, 0.4) is 0 Å². The van der Waals surface area contributed by atoms with Gasteiger partial charge < -0.3 is 25.0 Å². The molecule has 0 aromatic rings. The number of nitrogens with one attached hydrogen (secondary N) is 2. The fourth-order valence-electron chi connectivity index (χ4n) is 1.82. The number of nitrogens with zero attached hydrogens (tertiary/aromatic N) is 1. The summed E-state index contributed by atoms with van der Waals surface area (Å²) in [5, 5.41) is 6.06. The summed E-state index contributed by atoms with van der Waals surface area (Å²) < 4.78 is 10.9. The van der Waals surface area contributed by atoms with E-state index in [2.05, 4.69) is 15.5 Å². The van der Waals surface area contributed by atoms with Crippen molar-refractivity contribution in [2.75, 3.05) is 60.1 Å². The van der Waals surface area contributed by atoms with E-state index in [-0.39, 0.29) is 18.6 Å². The van der Waals surface area contributed by atoms with Gasteiger partial charge in [0.2, 0.25) is 5.91 Å². The molecule has 1 aliphatic heterocycles. The van der Waals surface area contributed by atoms with E-state index >= 15 is 0 Å². The van der Waals surface area contributed by atoms with Crippen LogP contribution in [0.1, 0.15) is 12.8 Å². The highest BCUT2D eigenvalue weighted by Crippen LogP contribution is 2.06. The zero-order valence-electron chi connectivity index (χ0n) is 12.1. The fourth-order valence-corrected chi connectivity index (χ4v) is 1.82. The zero-order chi connectivity index (χ0) is 13.9. The van der Waals surface area contributed by atoms with E-state index in [1.54, 1.807) is 0 Å².